The first kappa shape index (κ1) is 28.3. The lowest BCUT2D eigenvalue weighted by atomic mass is 9.99. The van der Waals surface area contributed by atoms with Crippen LogP contribution in [-0.4, -0.2) is 77.1 Å². The molecule has 10 heteroatoms. The van der Waals surface area contributed by atoms with Crippen molar-refractivity contribution in [3.63, 3.8) is 0 Å². The highest BCUT2D eigenvalue weighted by molar-refractivity contribution is 5.92. The van der Waals surface area contributed by atoms with Crippen LogP contribution in [0.5, 0.6) is 0 Å². The average Bonchev–Trinajstić information content (AvgIpc) is 2.97. The number of carbonyl (C=O) groups is 3. The standard InChI is InChI=1S/C31H34FN5O4/c1-22-8-10-24(11-9-22)21-41-17-16-35-19-27-36(29(30(35)39)25-6-4-3-5-7-25)28(38)20-34(2)37(27)31(40)33-18-23-12-14-26(32)15-13-23/h3-15,27,29H,16-21H2,1-2H3,(H,33,40)/t27-,29-/m0/s1. The largest absolute Gasteiger partial charge is 0.375 e. The summed E-state index contributed by atoms with van der Waals surface area (Å²) in [5.74, 6) is -0.805. The van der Waals surface area contributed by atoms with Gasteiger partial charge in [0.25, 0.3) is 0 Å². The van der Waals surface area contributed by atoms with Gasteiger partial charge in [0.05, 0.1) is 26.3 Å². The number of urea groups is 1. The molecule has 2 saturated heterocycles. The maximum Gasteiger partial charge on any atom is 0.334 e. The van der Waals surface area contributed by atoms with Gasteiger partial charge >= 0.3 is 6.03 Å². The fourth-order valence-corrected chi connectivity index (χ4v) is 5.27. The SMILES string of the molecule is Cc1ccc(COCCN2C[C@H]3N(C(=O)CN(C)N3C(=O)NCc3ccc(F)cc3)[C@@H](c3ccccc3)C2=O)cc1. The Labute approximate surface area is 239 Å². The summed E-state index contributed by atoms with van der Waals surface area (Å²) in [6.07, 6.45) is -0.727. The molecule has 1 N–H and O–H groups in total. The second-order valence-electron chi connectivity index (χ2n) is 10.4. The van der Waals surface area contributed by atoms with Gasteiger partial charge in [-0.3, -0.25) is 9.59 Å². The van der Waals surface area contributed by atoms with Crippen LogP contribution in [0.15, 0.2) is 78.9 Å². The van der Waals surface area contributed by atoms with E-state index in [9.17, 15) is 18.8 Å². The van der Waals surface area contributed by atoms with Crippen LogP contribution in [-0.2, 0) is 27.5 Å². The van der Waals surface area contributed by atoms with Crippen molar-refractivity contribution in [1.29, 1.82) is 0 Å². The summed E-state index contributed by atoms with van der Waals surface area (Å²) in [7, 11) is 1.68. The van der Waals surface area contributed by atoms with Crippen LogP contribution >= 0.6 is 0 Å². The maximum atomic E-state index is 13.8. The first-order valence-electron chi connectivity index (χ1n) is 13.6. The molecular formula is C31H34FN5O4. The van der Waals surface area contributed by atoms with E-state index in [1.165, 1.54) is 27.6 Å². The summed E-state index contributed by atoms with van der Waals surface area (Å²) in [4.78, 5) is 43.9. The smallest absolute Gasteiger partial charge is 0.334 e. The van der Waals surface area contributed by atoms with E-state index < -0.39 is 18.2 Å². The van der Waals surface area contributed by atoms with Crippen molar-refractivity contribution in [3.05, 3.63) is 107 Å². The third-order valence-corrected chi connectivity index (χ3v) is 7.41. The molecular weight excluding hydrogens is 525 g/mol. The van der Waals surface area contributed by atoms with E-state index in [1.54, 1.807) is 29.1 Å². The van der Waals surface area contributed by atoms with Crippen molar-refractivity contribution >= 4 is 17.8 Å². The van der Waals surface area contributed by atoms with Gasteiger partial charge in [-0.25, -0.2) is 19.2 Å². The number of benzene rings is 3. The van der Waals surface area contributed by atoms with E-state index in [0.29, 0.717) is 25.3 Å². The summed E-state index contributed by atoms with van der Waals surface area (Å²) in [5.41, 5.74) is 3.62. The Balaban J connectivity index is 1.35. The quantitative estimate of drug-likeness (QED) is 0.428. The minimum absolute atomic E-state index is 0.0588. The molecule has 5 rings (SSSR count). The Kier molecular flexibility index (Phi) is 8.61. The number of carbonyl (C=O) groups excluding carboxylic acids is 3. The van der Waals surface area contributed by atoms with Gasteiger partial charge in [0.15, 0.2) is 0 Å². The molecule has 0 radical (unpaired) electrons. The third kappa shape index (κ3) is 6.39. The molecule has 2 heterocycles. The van der Waals surface area contributed by atoms with E-state index in [0.717, 1.165) is 11.1 Å². The predicted molar refractivity (Wildman–Crippen MR) is 150 cm³/mol. The van der Waals surface area contributed by atoms with Gasteiger partial charge in [-0.05, 0) is 35.7 Å². The van der Waals surface area contributed by atoms with E-state index in [1.807, 2.05) is 61.5 Å². The van der Waals surface area contributed by atoms with Gasteiger partial charge in [0.2, 0.25) is 11.8 Å². The van der Waals surface area contributed by atoms with Gasteiger partial charge in [0, 0.05) is 20.1 Å². The zero-order valence-corrected chi connectivity index (χ0v) is 23.2. The van der Waals surface area contributed by atoms with Crippen LogP contribution < -0.4 is 5.32 Å². The number of ether oxygens (including phenoxy) is 1. The minimum atomic E-state index is -0.874. The van der Waals surface area contributed by atoms with Crippen molar-refractivity contribution in [2.45, 2.75) is 32.3 Å². The Morgan fingerprint density at radius 3 is 2.37 bits per heavy atom. The number of hydrogen-bond donors (Lipinski definition) is 1. The van der Waals surface area contributed by atoms with Crippen molar-refractivity contribution in [2.24, 2.45) is 0 Å². The molecule has 9 nitrogen and oxygen atoms in total. The minimum Gasteiger partial charge on any atom is -0.375 e. The monoisotopic (exact) mass is 559 g/mol. The lowest BCUT2D eigenvalue weighted by Gasteiger charge is -2.54. The first-order chi connectivity index (χ1) is 19.8. The molecule has 0 unspecified atom stereocenters. The van der Waals surface area contributed by atoms with E-state index in [2.05, 4.69) is 5.32 Å². The Hall–Kier alpha value is -4.28. The summed E-state index contributed by atoms with van der Waals surface area (Å²) in [6.45, 7) is 3.31. The number of piperazine rings is 1. The summed E-state index contributed by atoms with van der Waals surface area (Å²) in [6, 6.07) is 21.8. The normalized spacial score (nSPS) is 19.3. The van der Waals surface area contributed by atoms with Crippen LogP contribution in [0.3, 0.4) is 0 Å². The zero-order chi connectivity index (χ0) is 28.9. The number of halogens is 1. The fraction of sp³-hybridized carbons (Fsp3) is 0.323. The fourth-order valence-electron chi connectivity index (χ4n) is 5.27. The predicted octanol–water partition coefficient (Wildman–Crippen LogP) is 3.46. The van der Waals surface area contributed by atoms with Crippen molar-refractivity contribution < 1.29 is 23.5 Å². The van der Waals surface area contributed by atoms with Gasteiger partial charge in [-0.1, -0.05) is 72.3 Å². The number of amides is 4. The number of nitrogens with one attached hydrogen (secondary N) is 1. The average molecular weight is 560 g/mol. The first-order valence-corrected chi connectivity index (χ1v) is 13.6. The van der Waals surface area contributed by atoms with Gasteiger partial charge in [-0.15, -0.1) is 0 Å². The van der Waals surface area contributed by atoms with Crippen LogP contribution in [0.25, 0.3) is 0 Å². The topological polar surface area (TPSA) is 85.4 Å². The van der Waals surface area contributed by atoms with Gasteiger partial charge in [-0.2, -0.15) is 0 Å². The van der Waals surface area contributed by atoms with Gasteiger partial charge in [0.1, 0.15) is 18.0 Å². The van der Waals surface area contributed by atoms with Crippen LogP contribution in [0.1, 0.15) is 28.3 Å². The number of fused-ring (bicyclic) bond motifs is 1. The molecule has 3 aromatic carbocycles. The molecule has 0 aliphatic carbocycles. The number of aryl methyl sites for hydroxylation is 1. The van der Waals surface area contributed by atoms with Crippen molar-refractivity contribution in [1.82, 2.24) is 25.1 Å². The molecule has 3 aromatic rings. The molecule has 2 atom stereocenters. The Bertz CT molecular complexity index is 1370. The lowest BCUT2D eigenvalue weighted by molar-refractivity contribution is -0.188. The molecule has 0 bridgehead atoms. The molecule has 0 spiro atoms. The van der Waals surface area contributed by atoms with Crippen molar-refractivity contribution in [3.8, 4) is 0 Å². The van der Waals surface area contributed by atoms with Crippen molar-refractivity contribution in [2.75, 3.05) is 33.3 Å². The molecule has 2 aliphatic heterocycles. The number of likely N-dealkylation sites (N-methyl/N-ethyl adjacent to an activating group) is 1. The van der Waals surface area contributed by atoms with Gasteiger partial charge < -0.3 is 19.9 Å². The number of rotatable bonds is 8. The summed E-state index contributed by atoms with van der Waals surface area (Å²) in [5, 5.41) is 5.95. The van der Waals surface area contributed by atoms with E-state index in [4.69, 9.17) is 4.74 Å². The second kappa shape index (κ2) is 12.5. The Morgan fingerprint density at radius 1 is 0.976 bits per heavy atom. The second-order valence-corrected chi connectivity index (χ2v) is 10.4. The van der Waals surface area contributed by atoms with E-state index >= 15 is 0 Å². The van der Waals surface area contributed by atoms with Crippen LogP contribution in [0.2, 0.25) is 0 Å². The highest BCUT2D eigenvalue weighted by Gasteiger charge is 2.51. The van der Waals surface area contributed by atoms with Crippen LogP contribution in [0.4, 0.5) is 9.18 Å². The molecule has 214 valence electrons. The Morgan fingerprint density at radius 2 is 1.66 bits per heavy atom. The zero-order valence-electron chi connectivity index (χ0n) is 23.2. The molecule has 41 heavy (non-hydrogen) atoms. The molecule has 2 aliphatic rings. The molecule has 0 aromatic heterocycles. The number of hydrazine groups is 1. The summed E-state index contributed by atoms with van der Waals surface area (Å²) >= 11 is 0. The molecule has 0 saturated carbocycles. The highest BCUT2D eigenvalue weighted by atomic mass is 19.1. The molecule has 4 amide bonds. The van der Waals surface area contributed by atoms with E-state index in [-0.39, 0.29) is 37.3 Å². The highest BCUT2D eigenvalue weighted by Crippen LogP contribution is 2.34. The maximum absolute atomic E-state index is 13.8. The molecule has 2 fully saturated rings. The number of hydrogen-bond acceptors (Lipinski definition) is 5. The lowest BCUT2D eigenvalue weighted by Crippen LogP contribution is -2.73. The van der Waals surface area contributed by atoms with Crippen LogP contribution in [0, 0.1) is 12.7 Å². The third-order valence-electron chi connectivity index (χ3n) is 7.41. The number of nitrogens with zero attached hydrogens (tertiary/aromatic N) is 4. The summed E-state index contributed by atoms with van der Waals surface area (Å²) < 4.78 is 19.2.